The standard InChI is InChI=1S/C11H18N2O4S/c1-8-6-9(12)10(13)7-11(8)17-4-2-3-5-18(14,15)16/h6-7H,2-5,12-13H2,1H3,(H,14,15,16). The van der Waals surface area contributed by atoms with Crippen molar-refractivity contribution in [3.05, 3.63) is 17.7 Å². The lowest BCUT2D eigenvalue weighted by Gasteiger charge is -2.11. The third-order valence-corrected chi connectivity index (χ3v) is 3.24. The van der Waals surface area contributed by atoms with E-state index >= 15 is 0 Å². The van der Waals surface area contributed by atoms with Gasteiger partial charge in [0.25, 0.3) is 10.1 Å². The van der Waals surface area contributed by atoms with Crippen LogP contribution < -0.4 is 16.2 Å². The van der Waals surface area contributed by atoms with E-state index in [0.29, 0.717) is 36.6 Å². The van der Waals surface area contributed by atoms with E-state index in [1.165, 1.54) is 0 Å². The number of benzene rings is 1. The van der Waals surface area contributed by atoms with Gasteiger partial charge in [0.15, 0.2) is 0 Å². The number of unbranched alkanes of at least 4 members (excludes halogenated alkanes) is 1. The number of aryl methyl sites for hydroxylation is 1. The number of hydrogen-bond acceptors (Lipinski definition) is 5. The molecule has 0 saturated carbocycles. The predicted octanol–water partition coefficient (Wildman–Crippen LogP) is 1.21. The average Bonchev–Trinajstić information content (AvgIpc) is 2.23. The molecular weight excluding hydrogens is 256 g/mol. The molecule has 1 rings (SSSR count). The van der Waals surface area contributed by atoms with Crippen LogP contribution in [-0.4, -0.2) is 25.3 Å². The highest BCUT2D eigenvalue weighted by atomic mass is 32.2. The smallest absolute Gasteiger partial charge is 0.264 e. The monoisotopic (exact) mass is 274 g/mol. The molecule has 1 aromatic carbocycles. The Bertz CT molecular complexity index is 514. The van der Waals surface area contributed by atoms with Crippen molar-refractivity contribution in [2.45, 2.75) is 19.8 Å². The van der Waals surface area contributed by atoms with Gasteiger partial charge in [0, 0.05) is 6.07 Å². The molecule has 0 bridgehead atoms. The predicted molar refractivity (Wildman–Crippen MR) is 71.1 cm³/mol. The maximum Gasteiger partial charge on any atom is 0.264 e. The van der Waals surface area contributed by atoms with Gasteiger partial charge in [-0.3, -0.25) is 4.55 Å². The Hall–Kier alpha value is -1.47. The molecule has 0 aliphatic heterocycles. The quantitative estimate of drug-likeness (QED) is 0.408. The Labute approximate surface area is 107 Å². The number of rotatable bonds is 6. The molecule has 0 heterocycles. The summed E-state index contributed by atoms with van der Waals surface area (Å²) >= 11 is 0. The third kappa shape index (κ3) is 4.80. The third-order valence-electron chi connectivity index (χ3n) is 2.43. The lowest BCUT2D eigenvalue weighted by molar-refractivity contribution is 0.307. The molecule has 0 fully saturated rings. The summed E-state index contributed by atoms with van der Waals surface area (Å²) in [6, 6.07) is 3.37. The van der Waals surface area contributed by atoms with Crippen LogP contribution in [0.5, 0.6) is 5.75 Å². The highest BCUT2D eigenvalue weighted by molar-refractivity contribution is 7.85. The van der Waals surface area contributed by atoms with Crippen LogP contribution in [0, 0.1) is 6.92 Å². The molecule has 0 unspecified atom stereocenters. The largest absolute Gasteiger partial charge is 0.493 e. The minimum absolute atomic E-state index is 0.251. The summed E-state index contributed by atoms with van der Waals surface area (Å²) in [5.74, 6) is 0.382. The summed E-state index contributed by atoms with van der Waals surface area (Å²) < 4.78 is 35.0. The fourth-order valence-electron chi connectivity index (χ4n) is 1.45. The molecule has 0 aliphatic carbocycles. The molecule has 0 atom stereocenters. The average molecular weight is 274 g/mol. The van der Waals surface area contributed by atoms with E-state index in [1.807, 2.05) is 6.92 Å². The molecule has 6 nitrogen and oxygen atoms in total. The first kappa shape index (κ1) is 14.6. The summed E-state index contributed by atoms with van der Waals surface area (Å²) in [7, 11) is -3.88. The second-order valence-electron chi connectivity index (χ2n) is 4.09. The van der Waals surface area contributed by atoms with Gasteiger partial charge in [0.2, 0.25) is 0 Å². The van der Waals surface area contributed by atoms with Crippen molar-refractivity contribution in [1.82, 2.24) is 0 Å². The fraction of sp³-hybridized carbons (Fsp3) is 0.455. The van der Waals surface area contributed by atoms with E-state index in [0.717, 1.165) is 5.56 Å². The SMILES string of the molecule is Cc1cc(N)c(N)cc1OCCCCS(=O)(=O)O. The zero-order valence-electron chi connectivity index (χ0n) is 10.2. The molecule has 7 heteroatoms. The second-order valence-corrected chi connectivity index (χ2v) is 5.66. The molecule has 0 spiro atoms. The van der Waals surface area contributed by atoms with Crippen LogP contribution in [0.4, 0.5) is 11.4 Å². The van der Waals surface area contributed by atoms with Crippen LogP contribution in [0.15, 0.2) is 12.1 Å². The Morgan fingerprint density at radius 1 is 1.22 bits per heavy atom. The van der Waals surface area contributed by atoms with E-state index in [4.69, 9.17) is 20.8 Å². The first-order valence-electron chi connectivity index (χ1n) is 5.53. The number of hydrogen-bond donors (Lipinski definition) is 3. The fourth-order valence-corrected chi connectivity index (χ4v) is 2.02. The van der Waals surface area contributed by atoms with Crippen molar-refractivity contribution in [2.75, 3.05) is 23.8 Å². The maximum absolute atomic E-state index is 10.5. The van der Waals surface area contributed by atoms with Gasteiger partial charge in [-0.25, -0.2) is 0 Å². The number of nitrogen functional groups attached to an aromatic ring is 2. The lowest BCUT2D eigenvalue weighted by Crippen LogP contribution is -2.07. The molecule has 0 saturated heterocycles. The van der Waals surface area contributed by atoms with Crippen LogP contribution in [0.3, 0.4) is 0 Å². The van der Waals surface area contributed by atoms with Crippen molar-refractivity contribution in [2.24, 2.45) is 0 Å². The Morgan fingerprint density at radius 3 is 2.44 bits per heavy atom. The van der Waals surface area contributed by atoms with Gasteiger partial charge in [-0.1, -0.05) is 0 Å². The van der Waals surface area contributed by atoms with Crippen LogP contribution in [0.2, 0.25) is 0 Å². The first-order valence-corrected chi connectivity index (χ1v) is 7.14. The summed E-state index contributed by atoms with van der Waals surface area (Å²) in [5.41, 5.74) is 13.1. The van der Waals surface area contributed by atoms with Crippen LogP contribution in [0.1, 0.15) is 18.4 Å². The van der Waals surface area contributed by atoms with Crippen LogP contribution in [0.25, 0.3) is 0 Å². The molecule has 1 aromatic rings. The zero-order chi connectivity index (χ0) is 13.8. The summed E-state index contributed by atoms with van der Waals surface area (Å²) in [6.45, 7) is 2.21. The molecule has 0 aromatic heterocycles. The minimum atomic E-state index is -3.88. The van der Waals surface area contributed by atoms with Gasteiger partial charge in [-0.15, -0.1) is 0 Å². The first-order chi connectivity index (χ1) is 8.29. The topological polar surface area (TPSA) is 116 Å². The normalized spacial score (nSPS) is 11.4. The van der Waals surface area contributed by atoms with Crippen molar-refractivity contribution < 1.29 is 17.7 Å². The second kappa shape index (κ2) is 5.92. The van der Waals surface area contributed by atoms with E-state index < -0.39 is 10.1 Å². The van der Waals surface area contributed by atoms with Gasteiger partial charge in [0.05, 0.1) is 23.7 Å². The molecule has 102 valence electrons. The van der Waals surface area contributed by atoms with E-state index in [-0.39, 0.29) is 5.75 Å². The van der Waals surface area contributed by atoms with Gasteiger partial charge in [0.1, 0.15) is 5.75 Å². The maximum atomic E-state index is 10.5. The zero-order valence-corrected chi connectivity index (χ0v) is 11.0. The summed E-state index contributed by atoms with van der Waals surface area (Å²) in [4.78, 5) is 0. The summed E-state index contributed by atoms with van der Waals surface area (Å²) in [6.07, 6.45) is 0.881. The summed E-state index contributed by atoms with van der Waals surface area (Å²) in [5, 5.41) is 0. The number of ether oxygens (including phenoxy) is 1. The Morgan fingerprint density at radius 2 is 1.83 bits per heavy atom. The minimum Gasteiger partial charge on any atom is -0.493 e. The van der Waals surface area contributed by atoms with E-state index in [2.05, 4.69) is 0 Å². The molecule has 5 N–H and O–H groups in total. The van der Waals surface area contributed by atoms with Gasteiger partial charge in [-0.2, -0.15) is 8.42 Å². The number of nitrogens with two attached hydrogens (primary N) is 2. The highest BCUT2D eigenvalue weighted by Crippen LogP contribution is 2.26. The lowest BCUT2D eigenvalue weighted by atomic mass is 10.2. The van der Waals surface area contributed by atoms with E-state index in [1.54, 1.807) is 12.1 Å². The van der Waals surface area contributed by atoms with Crippen molar-refractivity contribution >= 4 is 21.5 Å². The Balaban J connectivity index is 2.43. The van der Waals surface area contributed by atoms with Crippen molar-refractivity contribution in [1.29, 1.82) is 0 Å². The molecule has 18 heavy (non-hydrogen) atoms. The van der Waals surface area contributed by atoms with Gasteiger partial charge < -0.3 is 16.2 Å². The van der Waals surface area contributed by atoms with Crippen LogP contribution >= 0.6 is 0 Å². The molecular formula is C11H18N2O4S. The molecule has 0 amide bonds. The van der Waals surface area contributed by atoms with Crippen molar-refractivity contribution in [3.8, 4) is 5.75 Å². The van der Waals surface area contributed by atoms with Gasteiger partial charge in [-0.05, 0) is 31.4 Å². The number of anilines is 2. The van der Waals surface area contributed by atoms with Crippen LogP contribution in [-0.2, 0) is 10.1 Å². The van der Waals surface area contributed by atoms with Gasteiger partial charge >= 0.3 is 0 Å². The Kier molecular flexibility index (Phi) is 4.80. The van der Waals surface area contributed by atoms with Crippen molar-refractivity contribution in [3.63, 3.8) is 0 Å². The highest BCUT2D eigenvalue weighted by Gasteiger charge is 2.06. The molecule has 0 radical (unpaired) electrons. The van der Waals surface area contributed by atoms with E-state index in [9.17, 15) is 8.42 Å². The molecule has 0 aliphatic rings.